The molecule has 96 valence electrons. The lowest BCUT2D eigenvalue weighted by Crippen LogP contribution is -1.81. The molecule has 0 aliphatic rings. The smallest absolute Gasteiger partial charge is 0.261 e. The van der Waals surface area contributed by atoms with Crippen molar-refractivity contribution in [1.29, 1.82) is 0 Å². The third-order valence-corrected chi connectivity index (χ3v) is 4.07. The van der Waals surface area contributed by atoms with Gasteiger partial charge < -0.3 is 10.2 Å². The van der Waals surface area contributed by atoms with Gasteiger partial charge in [0, 0.05) is 16.6 Å². The zero-order valence-electron chi connectivity index (χ0n) is 9.56. The molecule has 2 N–H and O–H groups in total. The largest absolute Gasteiger partial charge is 0.431 e. The number of halogens is 2. The van der Waals surface area contributed by atoms with Crippen molar-refractivity contribution in [2.24, 2.45) is 0 Å². The van der Waals surface area contributed by atoms with Gasteiger partial charge in [-0.3, -0.25) is 0 Å². The van der Waals surface area contributed by atoms with E-state index in [-0.39, 0.29) is 0 Å². The van der Waals surface area contributed by atoms with Crippen LogP contribution in [0.15, 0.2) is 50.9 Å². The Morgan fingerprint density at radius 3 is 2.68 bits per heavy atom. The molecule has 2 aromatic carbocycles. The molecule has 0 radical (unpaired) electrons. The number of nitrogens with zero attached hydrogens (tertiary/aromatic N) is 1. The first-order valence-corrected chi connectivity index (χ1v) is 6.98. The lowest BCUT2D eigenvalue weighted by atomic mass is 10.3. The van der Waals surface area contributed by atoms with Crippen molar-refractivity contribution in [2.75, 3.05) is 5.73 Å². The Morgan fingerprint density at radius 1 is 1.05 bits per heavy atom. The fraction of sp³-hybridized carbons (Fsp3) is 0. The second kappa shape index (κ2) is 4.96. The summed E-state index contributed by atoms with van der Waals surface area (Å²) < 4.78 is 5.62. The molecular formula is C13H8Cl2N2OS. The summed E-state index contributed by atoms with van der Waals surface area (Å²) in [6.45, 7) is 0. The average molecular weight is 311 g/mol. The number of benzene rings is 2. The SMILES string of the molecule is Nc1ccc2nc(Sc3ccc(Cl)c(Cl)c3)oc2c1. The second-order valence-electron chi connectivity index (χ2n) is 3.88. The van der Waals surface area contributed by atoms with Gasteiger partial charge in [-0.15, -0.1) is 0 Å². The number of aromatic nitrogens is 1. The number of oxazole rings is 1. The molecule has 6 heteroatoms. The Morgan fingerprint density at radius 2 is 1.89 bits per heavy atom. The zero-order chi connectivity index (χ0) is 13.4. The first-order chi connectivity index (χ1) is 9.11. The topological polar surface area (TPSA) is 52.0 Å². The fourth-order valence-electron chi connectivity index (χ4n) is 1.60. The Bertz CT molecular complexity index is 757. The number of anilines is 1. The summed E-state index contributed by atoms with van der Waals surface area (Å²) in [4.78, 5) is 5.28. The third-order valence-electron chi connectivity index (χ3n) is 2.49. The molecule has 19 heavy (non-hydrogen) atoms. The number of hydrogen-bond donors (Lipinski definition) is 1. The summed E-state index contributed by atoms with van der Waals surface area (Å²) in [5.41, 5.74) is 7.79. The molecule has 0 saturated carbocycles. The minimum Gasteiger partial charge on any atom is -0.431 e. The van der Waals surface area contributed by atoms with Crippen LogP contribution in [0.5, 0.6) is 0 Å². The van der Waals surface area contributed by atoms with E-state index in [9.17, 15) is 0 Å². The zero-order valence-corrected chi connectivity index (χ0v) is 11.9. The number of nitrogen functional groups attached to an aromatic ring is 1. The summed E-state index contributed by atoms with van der Waals surface area (Å²) in [5.74, 6) is 0. The standard InChI is InChI=1S/C13H8Cl2N2OS/c14-9-3-2-8(6-10(9)15)19-13-17-11-4-1-7(16)5-12(11)18-13/h1-6H,16H2. The van der Waals surface area contributed by atoms with E-state index in [1.54, 1.807) is 24.3 Å². The molecule has 0 aliphatic heterocycles. The molecule has 0 amide bonds. The maximum atomic E-state index is 5.97. The summed E-state index contributed by atoms with van der Waals surface area (Å²) in [6, 6.07) is 10.7. The van der Waals surface area contributed by atoms with Gasteiger partial charge in [0.15, 0.2) is 5.58 Å². The summed E-state index contributed by atoms with van der Waals surface area (Å²) in [5, 5.41) is 1.57. The van der Waals surface area contributed by atoms with Gasteiger partial charge in [-0.1, -0.05) is 23.2 Å². The van der Waals surface area contributed by atoms with Gasteiger partial charge >= 0.3 is 0 Å². The van der Waals surface area contributed by atoms with E-state index in [1.807, 2.05) is 12.1 Å². The highest BCUT2D eigenvalue weighted by Gasteiger charge is 2.09. The Balaban J connectivity index is 1.94. The Labute approximate surface area is 123 Å². The summed E-state index contributed by atoms with van der Waals surface area (Å²) in [6.07, 6.45) is 0. The predicted octanol–water partition coefficient (Wildman–Crippen LogP) is 4.87. The van der Waals surface area contributed by atoms with Crippen LogP contribution in [0.1, 0.15) is 0 Å². The van der Waals surface area contributed by atoms with E-state index in [1.165, 1.54) is 11.8 Å². The molecule has 3 nitrogen and oxygen atoms in total. The van der Waals surface area contributed by atoms with Crippen molar-refractivity contribution in [1.82, 2.24) is 4.98 Å². The van der Waals surface area contributed by atoms with Crippen molar-refractivity contribution in [3.8, 4) is 0 Å². The van der Waals surface area contributed by atoms with Gasteiger partial charge in [-0.25, -0.2) is 4.98 Å². The maximum absolute atomic E-state index is 5.97. The number of rotatable bonds is 2. The van der Waals surface area contributed by atoms with Crippen molar-refractivity contribution in [2.45, 2.75) is 10.1 Å². The van der Waals surface area contributed by atoms with Crippen molar-refractivity contribution in [3.05, 3.63) is 46.4 Å². The van der Waals surface area contributed by atoms with Crippen molar-refractivity contribution >= 4 is 51.8 Å². The molecule has 0 spiro atoms. The molecule has 3 aromatic rings. The van der Waals surface area contributed by atoms with E-state index in [2.05, 4.69) is 4.98 Å². The summed E-state index contributed by atoms with van der Waals surface area (Å²) in [7, 11) is 0. The first kappa shape index (κ1) is 12.7. The van der Waals surface area contributed by atoms with Gasteiger partial charge in [0.1, 0.15) is 5.52 Å². The average Bonchev–Trinajstić information content (AvgIpc) is 2.75. The van der Waals surface area contributed by atoms with Crippen LogP contribution in [0.4, 0.5) is 5.69 Å². The van der Waals surface area contributed by atoms with Gasteiger partial charge in [0.25, 0.3) is 5.22 Å². The number of hydrogen-bond acceptors (Lipinski definition) is 4. The van der Waals surface area contributed by atoms with E-state index in [4.69, 9.17) is 33.4 Å². The highest BCUT2D eigenvalue weighted by atomic mass is 35.5. The minimum absolute atomic E-state index is 0.507. The van der Waals surface area contributed by atoms with Crippen LogP contribution in [-0.2, 0) is 0 Å². The van der Waals surface area contributed by atoms with Crippen molar-refractivity contribution < 1.29 is 4.42 Å². The van der Waals surface area contributed by atoms with Crippen molar-refractivity contribution in [3.63, 3.8) is 0 Å². The molecule has 3 rings (SSSR count). The maximum Gasteiger partial charge on any atom is 0.261 e. The monoisotopic (exact) mass is 310 g/mol. The predicted molar refractivity (Wildman–Crippen MR) is 79.0 cm³/mol. The van der Waals surface area contributed by atoms with Crippen LogP contribution in [0.2, 0.25) is 10.0 Å². The van der Waals surface area contributed by atoms with E-state index < -0.39 is 0 Å². The van der Waals surface area contributed by atoms with Gasteiger partial charge in [0.05, 0.1) is 10.0 Å². The van der Waals surface area contributed by atoms with E-state index in [0.29, 0.717) is 26.5 Å². The second-order valence-corrected chi connectivity index (χ2v) is 5.72. The lowest BCUT2D eigenvalue weighted by Gasteiger charge is -1.99. The van der Waals surface area contributed by atoms with E-state index >= 15 is 0 Å². The molecular weight excluding hydrogens is 303 g/mol. The third kappa shape index (κ3) is 2.66. The van der Waals surface area contributed by atoms with Gasteiger partial charge in [0.2, 0.25) is 0 Å². The normalized spacial score (nSPS) is 11.1. The Kier molecular flexibility index (Phi) is 3.31. The van der Waals surface area contributed by atoms with Crippen LogP contribution in [0, 0.1) is 0 Å². The molecule has 0 bridgehead atoms. The van der Waals surface area contributed by atoms with Gasteiger partial charge in [-0.2, -0.15) is 0 Å². The highest BCUT2D eigenvalue weighted by molar-refractivity contribution is 7.99. The molecule has 0 fully saturated rings. The Hall–Kier alpha value is -1.36. The van der Waals surface area contributed by atoms with Crippen LogP contribution >= 0.6 is 35.0 Å². The molecule has 0 aliphatic carbocycles. The van der Waals surface area contributed by atoms with Crippen LogP contribution in [-0.4, -0.2) is 4.98 Å². The lowest BCUT2D eigenvalue weighted by molar-refractivity contribution is 0.489. The molecule has 1 aromatic heterocycles. The van der Waals surface area contributed by atoms with Crippen LogP contribution in [0.25, 0.3) is 11.1 Å². The molecule has 0 saturated heterocycles. The van der Waals surface area contributed by atoms with Gasteiger partial charge in [-0.05, 0) is 42.1 Å². The summed E-state index contributed by atoms with van der Waals surface area (Å²) >= 11 is 13.2. The molecule has 0 atom stereocenters. The quantitative estimate of drug-likeness (QED) is 0.686. The highest BCUT2D eigenvalue weighted by Crippen LogP contribution is 2.33. The first-order valence-electron chi connectivity index (χ1n) is 5.41. The van der Waals surface area contributed by atoms with E-state index in [0.717, 1.165) is 10.4 Å². The molecule has 0 unspecified atom stereocenters. The van der Waals surface area contributed by atoms with Crippen LogP contribution < -0.4 is 5.73 Å². The number of fused-ring (bicyclic) bond motifs is 1. The molecule has 1 heterocycles. The fourth-order valence-corrected chi connectivity index (χ4v) is 2.76. The number of nitrogens with two attached hydrogens (primary N) is 1. The van der Waals surface area contributed by atoms with Crippen LogP contribution in [0.3, 0.4) is 0 Å². The minimum atomic E-state index is 0.507.